The molecule has 0 spiro atoms. The van der Waals surface area contributed by atoms with E-state index in [9.17, 15) is 19.2 Å². The van der Waals surface area contributed by atoms with Gasteiger partial charge >= 0.3 is 0 Å². The molecule has 2 heterocycles. The molecule has 456 valence electrons. The predicted molar refractivity (Wildman–Crippen MR) is 330 cm³/mol. The second-order valence-corrected chi connectivity index (χ2v) is 23.2. The first kappa shape index (κ1) is 72.4. The smallest absolute Gasteiger partial charge is 0.268 e. The molecule has 0 bridgehead atoms. The Balaban J connectivity index is 0.000000324. The normalized spacial score (nSPS) is 13.3. The minimum absolute atomic E-state index is 0. The molecule has 1 N–H and O–H groups in total. The number of rotatable bonds is 20. The third-order valence-corrected chi connectivity index (χ3v) is 14.3. The molecule has 0 saturated carbocycles. The molecule has 8 rings (SSSR count). The minimum Gasteiger partial charge on any atom is -1.00 e. The highest BCUT2D eigenvalue weighted by atomic mass is 127. The van der Waals surface area contributed by atoms with E-state index in [0.717, 1.165) is 56.5 Å². The van der Waals surface area contributed by atoms with Crippen LogP contribution < -0.4 is 70.3 Å². The van der Waals surface area contributed by atoms with Crippen molar-refractivity contribution in [2.45, 2.75) is 61.2 Å². The van der Waals surface area contributed by atoms with E-state index in [4.69, 9.17) is 58.5 Å². The maximum absolute atomic E-state index is 13.5. The van der Waals surface area contributed by atoms with E-state index in [0.29, 0.717) is 105 Å². The monoisotopic (exact) mass is 1340 g/mol. The quantitative estimate of drug-likeness (QED) is 0.0488. The molecule has 15 nitrogen and oxygen atoms in total. The molecule has 20 heteroatoms. The second kappa shape index (κ2) is 32.6. The van der Waals surface area contributed by atoms with Gasteiger partial charge in [0.25, 0.3) is 23.6 Å². The molecular formula is C64H81Cl4IN6O9. The first-order valence-corrected chi connectivity index (χ1v) is 28.0. The summed E-state index contributed by atoms with van der Waals surface area (Å²) in [4.78, 5) is 57.2. The van der Waals surface area contributed by atoms with Crippen LogP contribution in [0.1, 0.15) is 91.4 Å². The number of hydrogen-bond donors (Lipinski definition) is 1. The van der Waals surface area contributed by atoms with E-state index in [1.54, 1.807) is 59.5 Å². The Morgan fingerprint density at radius 1 is 0.631 bits per heavy atom. The first-order valence-electron chi connectivity index (χ1n) is 26.9. The van der Waals surface area contributed by atoms with Crippen molar-refractivity contribution < 1.29 is 88.2 Å². The maximum atomic E-state index is 13.5. The van der Waals surface area contributed by atoms with Gasteiger partial charge in [-0.15, -0.1) is 0 Å². The first-order chi connectivity index (χ1) is 38.3. The van der Waals surface area contributed by atoms with Crippen molar-refractivity contribution in [2.24, 2.45) is 0 Å². The van der Waals surface area contributed by atoms with Gasteiger partial charge in [0.2, 0.25) is 0 Å². The molecule has 2 aliphatic rings. The third-order valence-electron chi connectivity index (χ3n) is 13.0. The van der Waals surface area contributed by atoms with Crippen LogP contribution >= 0.6 is 34.8 Å². The number of hydrogen-bond acceptors (Lipinski definition) is 10. The van der Waals surface area contributed by atoms with Crippen molar-refractivity contribution in [1.29, 1.82) is 0 Å². The van der Waals surface area contributed by atoms with Crippen LogP contribution in [0.3, 0.4) is 0 Å². The molecule has 1 atom stereocenters. The topological polar surface area (TPSA) is 136 Å². The third kappa shape index (κ3) is 19.6. The number of likely N-dealkylation sites (N-methyl/N-ethyl adjacent to an activating group) is 2. The lowest BCUT2D eigenvalue weighted by atomic mass is 10.1. The number of amides is 4. The Bertz CT molecular complexity index is 3220. The number of quaternary nitrogens is 2. The van der Waals surface area contributed by atoms with Crippen molar-refractivity contribution in [3.05, 3.63) is 169 Å². The highest BCUT2D eigenvalue weighted by Crippen LogP contribution is 2.39. The average molecular weight is 1350 g/mol. The number of carbonyl (C=O) groups excluding carboxylic acids is 4. The zero-order valence-corrected chi connectivity index (χ0v) is 54.8. The summed E-state index contributed by atoms with van der Waals surface area (Å²) in [7, 11) is 16.5. The number of ether oxygens (including phenoxy) is 5. The van der Waals surface area contributed by atoms with E-state index in [1.165, 1.54) is 4.90 Å². The number of aryl methyl sites for hydroxylation is 3. The highest BCUT2D eigenvalue weighted by Gasteiger charge is 2.39. The van der Waals surface area contributed by atoms with Crippen molar-refractivity contribution in [3.63, 3.8) is 0 Å². The number of nitrogens with one attached hydrogen (secondary N) is 1. The maximum Gasteiger partial charge on any atom is 0.268 e. The Kier molecular flexibility index (Phi) is 28.1. The van der Waals surface area contributed by atoms with Crippen LogP contribution in [0.2, 0.25) is 15.1 Å². The van der Waals surface area contributed by atoms with Crippen LogP contribution in [-0.2, 0) is 6.54 Å². The van der Waals surface area contributed by atoms with E-state index in [-0.39, 0.29) is 74.0 Å². The molecule has 6 aromatic rings. The molecule has 4 amide bonds. The molecule has 0 saturated heterocycles. The SMILES string of the molecule is C.CCOc1cccc(OCC[N+](C)(C)C)c1C(=O)Nc1ccc(Cl)c(C)c1.CCOc1cccc2c1C(=O)N(c1ccc(Cl)c(C)c1)C(CCN(C)C)O2.Cc1cc(CN2C(=O)c3cccc(OCC[N+](C)(C)C)c3C2=O)ccc1Cl.[Cl-].[I-]. The fourth-order valence-corrected chi connectivity index (χ4v) is 8.98. The second-order valence-electron chi connectivity index (χ2n) is 22.0. The van der Waals surface area contributed by atoms with Gasteiger partial charge in [0.05, 0.1) is 73.2 Å². The van der Waals surface area contributed by atoms with Gasteiger partial charge in [0, 0.05) is 39.4 Å². The largest absolute Gasteiger partial charge is 1.00 e. The Morgan fingerprint density at radius 2 is 1.13 bits per heavy atom. The van der Waals surface area contributed by atoms with Crippen LogP contribution in [0.4, 0.5) is 11.4 Å². The molecule has 0 radical (unpaired) electrons. The van der Waals surface area contributed by atoms with Crippen LogP contribution in [0.5, 0.6) is 28.7 Å². The van der Waals surface area contributed by atoms with Crippen molar-refractivity contribution >= 4 is 69.8 Å². The number of halogens is 5. The van der Waals surface area contributed by atoms with E-state index < -0.39 is 6.23 Å². The number of carbonyl (C=O) groups is 4. The average Bonchev–Trinajstić information content (AvgIpc) is 1.65. The molecule has 2 aliphatic heterocycles. The minimum atomic E-state index is -0.398. The summed E-state index contributed by atoms with van der Waals surface area (Å²) in [6.45, 7) is 14.0. The Labute approximate surface area is 535 Å². The highest BCUT2D eigenvalue weighted by molar-refractivity contribution is 6.32. The van der Waals surface area contributed by atoms with Gasteiger partial charge in [-0.05, 0) is 150 Å². The van der Waals surface area contributed by atoms with Gasteiger partial charge < -0.3 is 79.3 Å². The molecule has 0 aromatic heterocycles. The fraction of sp³-hybridized carbons (Fsp3) is 0.375. The lowest BCUT2D eigenvalue weighted by Gasteiger charge is -2.38. The number of nitrogens with zero attached hydrogens (tertiary/aromatic N) is 5. The molecule has 6 aromatic carbocycles. The van der Waals surface area contributed by atoms with Crippen molar-refractivity contribution in [3.8, 4) is 28.7 Å². The molecule has 84 heavy (non-hydrogen) atoms. The number of imide groups is 1. The standard InChI is InChI=1S/C21H24ClN2O3.C21H25ClN2O3.C21H27ClN2O3.CH4.ClH.HI/c1-14-12-15(8-9-17(14)22)13-23-20(25)16-6-5-7-18(19(16)21(23)26)27-11-10-24(2,3)4;1-5-26-17-7-6-8-18-20(17)21(25)24(19(27-18)11-12-23(3)4)15-9-10-16(22)14(2)13-15;1-6-26-18-8-7-9-19(27-13-12-24(3,4)5)20(18)21(25)23-16-10-11-17(22)15(2)14-16;;;/h5-9,12H,10-11,13H2,1-4H3;6-10,13,19H,5,11-12H2,1-4H3;7-11,14H,6,12-13H2,1-5H3;1H4;2*1H/q+1;;;;;/p-1. The summed E-state index contributed by atoms with van der Waals surface area (Å²) in [6, 6.07) is 32.5. The van der Waals surface area contributed by atoms with Crippen LogP contribution in [0, 0.1) is 20.8 Å². The zero-order chi connectivity index (χ0) is 59.3. The van der Waals surface area contributed by atoms with E-state index in [2.05, 4.69) is 52.5 Å². The van der Waals surface area contributed by atoms with Gasteiger partial charge in [-0.2, -0.15) is 0 Å². The van der Waals surface area contributed by atoms with Gasteiger partial charge in [-0.1, -0.05) is 72.6 Å². The zero-order valence-electron chi connectivity index (χ0n) is 49.6. The molecular weight excluding hydrogens is 1270 g/mol. The molecule has 1 unspecified atom stereocenters. The van der Waals surface area contributed by atoms with Crippen molar-refractivity contribution in [1.82, 2.24) is 9.80 Å². The van der Waals surface area contributed by atoms with Crippen molar-refractivity contribution in [2.75, 3.05) is 113 Å². The molecule has 0 aliphatic carbocycles. The summed E-state index contributed by atoms with van der Waals surface area (Å²) in [5.74, 6) is 1.59. The van der Waals surface area contributed by atoms with E-state index >= 15 is 0 Å². The number of fused-ring (bicyclic) bond motifs is 2. The lowest BCUT2D eigenvalue weighted by Crippen LogP contribution is -3.00. The molecule has 0 fully saturated rings. The van der Waals surface area contributed by atoms with E-state index in [1.807, 2.05) is 103 Å². The fourth-order valence-electron chi connectivity index (χ4n) is 8.63. The van der Waals surface area contributed by atoms with Gasteiger partial charge in [-0.3, -0.25) is 29.0 Å². The summed E-state index contributed by atoms with van der Waals surface area (Å²) in [6.07, 6.45) is 0.281. The number of anilines is 2. The summed E-state index contributed by atoms with van der Waals surface area (Å²) >= 11 is 18.3. The van der Waals surface area contributed by atoms with Gasteiger partial charge in [0.1, 0.15) is 66.2 Å². The summed E-state index contributed by atoms with van der Waals surface area (Å²) in [5.41, 5.74) is 6.63. The van der Waals surface area contributed by atoms with Crippen LogP contribution in [-0.4, -0.2) is 151 Å². The lowest BCUT2D eigenvalue weighted by molar-refractivity contribution is -0.870. The van der Waals surface area contributed by atoms with Crippen LogP contribution in [0.15, 0.2) is 109 Å². The van der Waals surface area contributed by atoms with Crippen LogP contribution in [0.25, 0.3) is 0 Å². The predicted octanol–water partition coefficient (Wildman–Crippen LogP) is 6.92. The number of benzene rings is 6. The Hall–Kier alpha value is -5.83. The summed E-state index contributed by atoms with van der Waals surface area (Å²) in [5, 5.41) is 4.90. The Morgan fingerprint density at radius 3 is 1.69 bits per heavy atom. The van der Waals surface area contributed by atoms with Gasteiger partial charge in [0.15, 0.2) is 6.23 Å². The van der Waals surface area contributed by atoms with Gasteiger partial charge in [-0.25, -0.2) is 0 Å². The summed E-state index contributed by atoms with van der Waals surface area (Å²) < 4.78 is 30.9.